The molecule has 1 aromatic rings. The number of allylic oxidation sites excluding steroid dienone is 6. The molecule has 18 heteroatoms. The fourth-order valence-corrected chi connectivity index (χ4v) is 8.58. The highest BCUT2D eigenvalue weighted by Crippen LogP contribution is 2.54. The lowest BCUT2D eigenvalue weighted by Gasteiger charge is -2.34. The van der Waals surface area contributed by atoms with Gasteiger partial charge >= 0.3 is 31.1 Å². The van der Waals surface area contributed by atoms with E-state index >= 15 is 0 Å². The highest BCUT2D eigenvalue weighted by molar-refractivity contribution is 7.93. The summed E-state index contributed by atoms with van der Waals surface area (Å²) in [5.41, 5.74) is -14.8. The minimum Gasteiger partial charge on any atom is -0.506 e. The highest BCUT2D eigenvalue weighted by Gasteiger charge is 2.52. The van der Waals surface area contributed by atoms with E-state index in [1.54, 1.807) is 0 Å². The van der Waals surface area contributed by atoms with Crippen molar-refractivity contribution in [2.45, 2.75) is 110 Å². The van der Waals surface area contributed by atoms with Crippen LogP contribution in [-0.2, 0) is 30.3 Å². The lowest BCUT2D eigenvalue weighted by Crippen LogP contribution is -2.42. The van der Waals surface area contributed by atoms with Crippen molar-refractivity contribution in [3.05, 3.63) is 63.6 Å². The van der Waals surface area contributed by atoms with Crippen molar-refractivity contribution in [2.75, 3.05) is 9.62 Å². The van der Waals surface area contributed by atoms with E-state index in [1.165, 1.54) is 16.9 Å². The van der Waals surface area contributed by atoms with Crippen LogP contribution in [0.2, 0.25) is 0 Å². The average molecular weight is 779 g/mol. The lowest BCUT2D eigenvalue weighted by molar-refractivity contribution is -0.111. The predicted octanol–water partition coefficient (Wildman–Crippen LogP) is 7.24. The van der Waals surface area contributed by atoms with Gasteiger partial charge in [0.1, 0.15) is 5.76 Å². The smallest absolute Gasteiger partial charge is 0.506 e. The lowest BCUT2D eigenvalue weighted by atomic mass is 9.74. The minimum atomic E-state index is -6.17. The number of nitrogens with one attached hydrogen (secondary N) is 1. The van der Waals surface area contributed by atoms with Gasteiger partial charge in [-0.3, -0.25) is 9.52 Å². The molecule has 0 spiro atoms. The Bertz CT molecular complexity index is 2160. The third-order valence-electron chi connectivity index (χ3n) is 10.8. The van der Waals surface area contributed by atoms with Crippen molar-refractivity contribution < 1.29 is 53.1 Å². The number of carbonyl (C=O) groups is 1. The van der Waals surface area contributed by atoms with Gasteiger partial charge in [0.05, 0.1) is 22.5 Å². The molecule has 52 heavy (non-hydrogen) atoms. The SMILES string of the molecule is CC(C)N1C2=CC(=NS(=O)(=O)C(F)(F)F)/C(=C3\C(=O)C(c4cc5c(cc4NS(=O)(=O)C(F)(F)F)N(C(C)C)C(C)C5(C)C)=C3O)C=C2C(C)(C)C1C. The summed E-state index contributed by atoms with van der Waals surface area (Å²) >= 11 is 0. The Morgan fingerprint density at radius 2 is 1.37 bits per heavy atom. The summed E-state index contributed by atoms with van der Waals surface area (Å²) in [5, 5.41) is 11.5. The Balaban J connectivity index is 1.83. The number of aliphatic hydroxyl groups excluding tert-OH is 1. The van der Waals surface area contributed by atoms with Crippen molar-refractivity contribution in [1.29, 1.82) is 0 Å². The van der Waals surface area contributed by atoms with E-state index in [9.17, 15) is 53.1 Å². The van der Waals surface area contributed by atoms with Crippen molar-refractivity contribution in [1.82, 2.24) is 4.90 Å². The van der Waals surface area contributed by atoms with Crippen LogP contribution in [-0.4, -0.2) is 73.5 Å². The normalized spacial score (nSPS) is 25.5. The number of Topliss-reactive ketones (excluding diaryl/α,β-unsaturated/α-hetero) is 1. The molecule has 10 nitrogen and oxygen atoms in total. The first kappa shape index (κ1) is 39.4. The molecule has 5 rings (SSSR count). The first-order valence-electron chi connectivity index (χ1n) is 16.3. The number of benzene rings is 1. The number of anilines is 2. The van der Waals surface area contributed by atoms with E-state index in [2.05, 4.69) is 4.40 Å². The van der Waals surface area contributed by atoms with Gasteiger partial charge in [-0.15, -0.1) is 0 Å². The Morgan fingerprint density at radius 1 is 0.827 bits per heavy atom. The van der Waals surface area contributed by atoms with Crippen molar-refractivity contribution in [3.63, 3.8) is 0 Å². The number of ketones is 1. The van der Waals surface area contributed by atoms with Gasteiger partial charge in [-0.05, 0) is 77.0 Å². The van der Waals surface area contributed by atoms with Crippen LogP contribution in [0.5, 0.6) is 0 Å². The zero-order valence-corrected chi connectivity index (χ0v) is 31.7. The molecule has 1 fully saturated rings. The number of alkyl halides is 6. The average Bonchev–Trinajstić information content (AvgIpc) is 3.28. The van der Waals surface area contributed by atoms with Crippen molar-refractivity contribution >= 4 is 48.5 Å². The summed E-state index contributed by atoms with van der Waals surface area (Å²) in [6.07, 6.45) is 2.40. The molecule has 1 saturated heterocycles. The molecule has 2 aliphatic carbocycles. The summed E-state index contributed by atoms with van der Waals surface area (Å²) < 4.78 is 136. The number of rotatable bonds is 6. The summed E-state index contributed by atoms with van der Waals surface area (Å²) in [6, 6.07) is 1.55. The van der Waals surface area contributed by atoms with Crippen LogP contribution in [0.4, 0.5) is 37.7 Å². The first-order valence-corrected chi connectivity index (χ1v) is 19.3. The van der Waals surface area contributed by atoms with Crippen LogP contribution >= 0.6 is 0 Å². The molecule has 0 saturated carbocycles. The molecule has 4 aliphatic rings. The zero-order chi connectivity index (χ0) is 39.6. The summed E-state index contributed by atoms with van der Waals surface area (Å²) in [5.74, 6) is -1.98. The molecule has 0 amide bonds. The molecule has 2 heterocycles. The van der Waals surface area contributed by atoms with E-state index in [-0.39, 0.29) is 24.2 Å². The monoisotopic (exact) mass is 778 g/mol. The van der Waals surface area contributed by atoms with Crippen molar-refractivity contribution in [3.8, 4) is 0 Å². The highest BCUT2D eigenvalue weighted by atomic mass is 32.2. The largest absolute Gasteiger partial charge is 0.518 e. The maximum Gasteiger partial charge on any atom is 0.518 e. The van der Waals surface area contributed by atoms with Crippen LogP contribution in [0.25, 0.3) is 5.57 Å². The second-order valence-electron chi connectivity index (χ2n) is 15.1. The second kappa shape index (κ2) is 11.9. The Morgan fingerprint density at radius 3 is 1.85 bits per heavy atom. The topological polar surface area (TPSA) is 136 Å². The van der Waals surface area contributed by atoms with Gasteiger partial charge in [0.25, 0.3) is 0 Å². The fraction of sp³-hybridized carbons (Fsp3) is 0.529. The number of carbonyl (C=O) groups excluding carboxylic acids is 1. The van der Waals surface area contributed by atoms with E-state index in [0.29, 0.717) is 22.5 Å². The maximum atomic E-state index is 14.1. The number of fused-ring (bicyclic) bond motifs is 2. The van der Waals surface area contributed by atoms with Gasteiger partial charge in [-0.25, -0.2) is 0 Å². The van der Waals surface area contributed by atoms with Gasteiger partial charge in [-0.1, -0.05) is 27.7 Å². The Labute approximate surface area is 298 Å². The predicted molar refractivity (Wildman–Crippen MR) is 186 cm³/mol. The van der Waals surface area contributed by atoms with Gasteiger partial charge in [0, 0.05) is 57.5 Å². The van der Waals surface area contributed by atoms with Crippen molar-refractivity contribution in [2.24, 2.45) is 9.81 Å². The molecular formula is C34H40F6N4O6S2. The number of hydrogen-bond donors (Lipinski definition) is 2. The zero-order valence-electron chi connectivity index (χ0n) is 30.0. The number of halogens is 6. The summed E-state index contributed by atoms with van der Waals surface area (Å²) in [7, 11) is -12.2. The molecule has 0 aromatic heterocycles. The second-order valence-corrected chi connectivity index (χ2v) is 18.4. The van der Waals surface area contributed by atoms with E-state index in [1.807, 2.05) is 79.0 Å². The Hall–Kier alpha value is -3.80. The van der Waals surface area contributed by atoms with Crippen LogP contribution < -0.4 is 9.62 Å². The summed E-state index contributed by atoms with van der Waals surface area (Å²) in [6.45, 7) is 18.4. The molecule has 2 unspecified atom stereocenters. The molecular weight excluding hydrogens is 739 g/mol. The number of hydrogen-bond acceptors (Lipinski definition) is 8. The molecule has 2 aliphatic heterocycles. The number of likely N-dealkylation sites (tertiary alicyclic amines) is 1. The van der Waals surface area contributed by atoms with E-state index < -0.39 is 87.1 Å². The number of aliphatic hydroxyl groups is 1. The molecule has 1 aromatic carbocycles. The van der Waals surface area contributed by atoms with Gasteiger partial charge in [-0.2, -0.15) is 47.6 Å². The van der Waals surface area contributed by atoms with Crippen LogP contribution in [0.15, 0.2) is 56.9 Å². The van der Waals surface area contributed by atoms with Crippen LogP contribution in [0.3, 0.4) is 0 Å². The quantitative estimate of drug-likeness (QED) is 0.228. The molecule has 2 atom stereocenters. The van der Waals surface area contributed by atoms with Gasteiger partial charge in [0.15, 0.2) is 0 Å². The van der Waals surface area contributed by atoms with E-state index in [0.717, 1.165) is 12.1 Å². The van der Waals surface area contributed by atoms with Crippen LogP contribution in [0.1, 0.15) is 80.4 Å². The third-order valence-corrected chi connectivity index (χ3v) is 12.9. The molecule has 0 radical (unpaired) electrons. The Kier molecular flexibility index (Phi) is 8.98. The van der Waals surface area contributed by atoms with Crippen LogP contribution in [0, 0.1) is 5.41 Å². The van der Waals surface area contributed by atoms with Gasteiger partial charge in [0.2, 0.25) is 5.78 Å². The first-order chi connectivity index (χ1) is 23.4. The fourth-order valence-electron chi connectivity index (χ4n) is 7.49. The summed E-state index contributed by atoms with van der Waals surface area (Å²) in [4.78, 5) is 17.8. The number of sulfonamides is 2. The van der Waals surface area contributed by atoms with E-state index in [4.69, 9.17) is 0 Å². The third kappa shape index (κ3) is 5.74. The molecule has 0 bridgehead atoms. The standard InChI is InChI=1S/C34H40F6N4O6S2/c1-15(2)43-17(5)31(7,8)21-11-19(23(13-25(21)43)41-51(47,48)33(35,36)37)27-29(45)28(30(27)46)20-12-22-26(44(16(3)4)18(6)32(22,9)10)14-24(20)42-52(49,50)34(38,39)40/h11-18,41,45H,1-10H3/b28-20-,42-24?. The maximum absolute atomic E-state index is 14.1. The molecule has 286 valence electrons. The molecule has 2 N–H and O–H groups in total. The minimum absolute atomic E-state index is 0.195. The van der Waals surface area contributed by atoms with Gasteiger partial charge < -0.3 is 14.9 Å². The number of nitrogens with zero attached hydrogens (tertiary/aromatic N) is 3.